The van der Waals surface area contributed by atoms with E-state index in [0.29, 0.717) is 0 Å². The molecule has 23 heavy (non-hydrogen) atoms. The summed E-state index contributed by atoms with van der Waals surface area (Å²) in [4.78, 5) is 36.3. The molecule has 124 valence electrons. The molecule has 0 fully saturated rings. The fraction of sp³-hybridized carbons (Fsp3) is 0.400. The van der Waals surface area contributed by atoms with E-state index in [2.05, 4.69) is 10.6 Å². The average molecular weight is 338 g/mol. The summed E-state index contributed by atoms with van der Waals surface area (Å²) in [6, 6.07) is 2.72. The van der Waals surface area contributed by atoms with E-state index in [4.69, 9.17) is 9.47 Å². The van der Waals surface area contributed by atoms with Crippen LogP contribution in [-0.2, 0) is 25.5 Å². The molecule has 0 aromatic carbocycles. The van der Waals surface area contributed by atoms with Crippen molar-refractivity contribution in [2.75, 3.05) is 13.2 Å². The second kappa shape index (κ2) is 7.77. The Morgan fingerprint density at radius 2 is 2.13 bits per heavy atom. The van der Waals surface area contributed by atoms with Crippen molar-refractivity contribution < 1.29 is 23.9 Å². The van der Waals surface area contributed by atoms with Crippen molar-refractivity contribution in [3.05, 3.63) is 33.7 Å². The highest BCUT2D eigenvalue weighted by Gasteiger charge is 2.30. The number of hydrogen-bond acceptors (Lipinski definition) is 6. The molecule has 1 aromatic rings. The molecule has 2 heterocycles. The lowest BCUT2D eigenvalue weighted by molar-refractivity contribution is -0.143. The van der Waals surface area contributed by atoms with Crippen molar-refractivity contribution in [2.45, 2.75) is 26.3 Å². The number of carbonyl (C=O) groups excluding carboxylic acids is 3. The second-order valence-corrected chi connectivity index (χ2v) is 5.88. The molecule has 0 unspecified atom stereocenters. The number of esters is 2. The van der Waals surface area contributed by atoms with Gasteiger partial charge in [0, 0.05) is 4.88 Å². The summed E-state index contributed by atoms with van der Waals surface area (Å²) in [5.41, 5.74) is 0.509. The highest BCUT2D eigenvalue weighted by molar-refractivity contribution is 7.10. The molecule has 0 bridgehead atoms. The van der Waals surface area contributed by atoms with Gasteiger partial charge in [-0.05, 0) is 25.3 Å². The molecule has 1 atom stereocenters. The van der Waals surface area contributed by atoms with Crippen molar-refractivity contribution in [1.29, 1.82) is 0 Å². The maximum absolute atomic E-state index is 12.0. The summed E-state index contributed by atoms with van der Waals surface area (Å²) in [6.45, 7) is 3.39. The van der Waals surface area contributed by atoms with Crippen LogP contribution in [0.1, 0.15) is 18.7 Å². The van der Waals surface area contributed by atoms with E-state index in [0.717, 1.165) is 4.88 Å². The van der Waals surface area contributed by atoms with Crippen LogP contribution in [0.4, 0.5) is 4.79 Å². The van der Waals surface area contributed by atoms with Gasteiger partial charge in [0.1, 0.15) is 6.61 Å². The topological polar surface area (TPSA) is 93.7 Å². The van der Waals surface area contributed by atoms with E-state index in [1.54, 1.807) is 13.8 Å². The van der Waals surface area contributed by atoms with Gasteiger partial charge in [-0.25, -0.2) is 9.59 Å². The lowest BCUT2D eigenvalue weighted by Crippen LogP contribution is -2.50. The molecule has 0 saturated carbocycles. The van der Waals surface area contributed by atoms with Crippen LogP contribution in [0.15, 0.2) is 28.8 Å². The van der Waals surface area contributed by atoms with E-state index in [1.165, 1.54) is 11.3 Å². The molecular formula is C15H18N2O5S. The first-order valence-electron chi connectivity index (χ1n) is 7.17. The number of rotatable bonds is 6. The number of urea groups is 1. The van der Waals surface area contributed by atoms with Crippen LogP contribution in [0, 0.1) is 0 Å². The largest absolute Gasteiger partial charge is 0.463 e. The van der Waals surface area contributed by atoms with Crippen molar-refractivity contribution in [2.24, 2.45) is 0 Å². The Kier molecular flexibility index (Phi) is 5.75. The highest BCUT2D eigenvalue weighted by atomic mass is 32.1. The Morgan fingerprint density at radius 1 is 1.35 bits per heavy atom. The Morgan fingerprint density at radius 3 is 2.78 bits per heavy atom. The minimum absolute atomic E-state index is 0.154. The first-order chi connectivity index (χ1) is 11.0. The highest BCUT2D eigenvalue weighted by Crippen LogP contribution is 2.15. The third-order valence-electron chi connectivity index (χ3n) is 3.14. The van der Waals surface area contributed by atoms with Gasteiger partial charge in [-0.15, -0.1) is 11.3 Å². The molecule has 1 aliphatic rings. The SMILES string of the molecule is CCOC(=O)C1=C(COC(=O)Cc2cccs2)NC(=O)N[C@H]1C. The van der Waals surface area contributed by atoms with E-state index in [9.17, 15) is 14.4 Å². The third kappa shape index (κ3) is 4.56. The monoisotopic (exact) mass is 338 g/mol. The van der Waals surface area contributed by atoms with Crippen LogP contribution in [0.25, 0.3) is 0 Å². The van der Waals surface area contributed by atoms with Gasteiger partial charge in [0.2, 0.25) is 0 Å². The van der Waals surface area contributed by atoms with Crippen LogP contribution in [0.2, 0.25) is 0 Å². The Labute approximate surface area is 137 Å². The first-order valence-corrected chi connectivity index (χ1v) is 8.05. The zero-order valence-electron chi connectivity index (χ0n) is 12.9. The van der Waals surface area contributed by atoms with Gasteiger partial charge < -0.3 is 20.1 Å². The maximum atomic E-state index is 12.0. The Hall–Kier alpha value is -2.35. The van der Waals surface area contributed by atoms with Crippen LogP contribution in [0.3, 0.4) is 0 Å². The number of ether oxygens (including phenoxy) is 2. The zero-order valence-corrected chi connectivity index (χ0v) is 13.7. The number of amides is 2. The Balaban J connectivity index is 2.06. The summed E-state index contributed by atoms with van der Waals surface area (Å²) in [5, 5.41) is 6.95. The molecule has 2 rings (SSSR count). The van der Waals surface area contributed by atoms with E-state index < -0.39 is 24.0 Å². The molecule has 0 spiro atoms. The van der Waals surface area contributed by atoms with Gasteiger partial charge in [0.05, 0.1) is 30.3 Å². The maximum Gasteiger partial charge on any atom is 0.338 e. The quantitative estimate of drug-likeness (QED) is 0.764. The Bertz CT molecular complexity index is 624. The number of nitrogens with one attached hydrogen (secondary N) is 2. The summed E-state index contributed by atoms with van der Waals surface area (Å²) >= 11 is 1.46. The van der Waals surface area contributed by atoms with Crippen LogP contribution >= 0.6 is 11.3 Å². The second-order valence-electron chi connectivity index (χ2n) is 4.85. The minimum atomic E-state index is -0.545. The smallest absolute Gasteiger partial charge is 0.338 e. The van der Waals surface area contributed by atoms with Gasteiger partial charge >= 0.3 is 18.0 Å². The van der Waals surface area contributed by atoms with E-state index in [1.807, 2.05) is 17.5 Å². The van der Waals surface area contributed by atoms with Crippen molar-refractivity contribution in [1.82, 2.24) is 10.6 Å². The predicted molar refractivity (Wildman–Crippen MR) is 83.8 cm³/mol. The van der Waals surface area contributed by atoms with Gasteiger partial charge in [0.25, 0.3) is 0 Å². The van der Waals surface area contributed by atoms with E-state index in [-0.39, 0.29) is 30.9 Å². The number of hydrogen-bond donors (Lipinski definition) is 2. The molecular weight excluding hydrogens is 320 g/mol. The molecule has 1 aromatic heterocycles. The lowest BCUT2D eigenvalue weighted by Gasteiger charge is -2.26. The van der Waals surface area contributed by atoms with Crippen LogP contribution in [-0.4, -0.2) is 37.2 Å². The van der Waals surface area contributed by atoms with Crippen molar-refractivity contribution >= 4 is 29.3 Å². The zero-order chi connectivity index (χ0) is 16.8. The molecule has 0 saturated heterocycles. The van der Waals surface area contributed by atoms with E-state index >= 15 is 0 Å². The molecule has 7 nitrogen and oxygen atoms in total. The normalized spacial score (nSPS) is 17.3. The summed E-state index contributed by atoms with van der Waals surface area (Å²) in [7, 11) is 0. The molecule has 2 N–H and O–H groups in total. The third-order valence-corrected chi connectivity index (χ3v) is 4.02. The van der Waals surface area contributed by atoms with Gasteiger partial charge in [-0.1, -0.05) is 6.07 Å². The standard InChI is InChI=1S/C15H18N2O5S/c1-3-21-14(19)13-9(2)16-15(20)17-11(13)8-22-12(18)7-10-5-4-6-23-10/h4-6,9H,3,7-8H2,1-2H3,(H2,16,17,20)/t9-/m0/s1. The van der Waals surface area contributed by atoms with Gasteiger partial charge in [-0.2, -0.15) is 0 Å². The predicted octanol–water partition coefficient (Wildman–Crippen LogP) is 1.35. The summed E-state index contributed by atoms with van der Waals surface area (Å²) in [5.74, 6) is -0.972. The van der Waals surface area contributed by atoms with Crippen molar-refractivity contribution in [3.8, 4) is 0 Å². The fourth-order valence-corrected chi connectivity index (χ4v) is 2.84. The van der Waals surface area contributed by atoms with Gasteiger partial charge in [0.15, 0.2) is 0 Å². The van der Waals surface area contributed by atoms with Crippen LogP contribution in [0.5, 0.6) is 0 Å². The molecule has 0 radical (unpaired) electrons. The summed E-state index contributed by atoms with van der Waals surface area (Å²) in [6.07, 6.45) is 0.154. The first kappa shape index (κ1) is 17.0. The van der Waals surface area contributed by atoms with Crippen molar-refractivity contribution in [3.63, 3.8) is 0 Å². The van der Waals surface area contributed by atoms with Crippen LogP contribution < -0.4 is 10.6 Å². The number of thiophene rings is 1. The fourth-order valence-electron chi connectivity index (χ4n) is 2.15. The average Bonchev–Trinajstić information content (AvgIpc) is 2.97. The molecule has 2 amide bonds. The lowest BCUT2D eigenvalue weighted by atomic mass is 10.0. The molecule has 8 heteroatoms. The minimum Gasteiger partial charge on any atom is -0.463 e. The number of carbonyl (C=O) groups is 3. The van der Waals surface area contributed by atoms with Gasteiger partial charge in [-0.3, -0.25) is 4.79 Å². The summed E-state index contributed by atoms with van der Waals surface area (Å²) < 4.78 is 10.2. The molecule has 0 aliphatic carbocycles. The molecule has 1 aliphatic heterocycles.